The summed E-state index contributed by atoms with van der Waals surface area (Å²) in [6.07, 6.45) is -8.37. The smallest absolute Gasteiger partial charge is 0.258 e. The lowest BCUT2D eigenvalue weighted by molar-refractivity contribution is -0.386. The van der Waals surface area contributed by atoms with Gasteiger partial charge in [0.15, 0.2) is 5.69 Å². The lowest BCUT2D eigenvalue weighted by Gasteiger charge is -2.10. The number of alkyl halides is 5. The van der Waals surface area contributed by atoms with Gasteiger partial charge in [-0.05, 0) is 12.5 Å². The quantitative estimate of drug-likeness (QED) is 0.463. The molecule has 4 nitrogen and oxygen atoms in total. The van der Waals surface area contributed by atoms with E-state index >= 15 is 0 Å². The second-order valence-electron chi connectivity index (χ2n) is 3.11. The molecule has 0 radical (unpaired) electrons. The molecule has 1 aromatic heterocycles. The minimum absolute atomic E-state index is 0.442. The number of aryl methyl sites for hydroxylation is 1. The van der Waals surface area contributed by atoms with Gasteiger partial charge in [0.25, 0.3) is 12.1 Å². The topological polar surface area (TPSA) is 56.0 Å². The molecule has 0 N–H and O–H groups in total. The Kier molecular flexibility index (Phi) is 3.30. The summed E-state index contributed by atoms with van der Waals surface area (Å²) in [5.74, 6) is 0. The Balaban J connectivity index is 3.51. The predicted molar refractivity (Wildman–Crippen MR) is 45.6 cm³/mol. The summed E-state index contributed by atoms with van der Waals surface area (Å²) in [7, 11) is 0. The highest BCUT2D eigenvalue weighted by molar-refractivity contribution is 5.42. The lowest BCUT2D eigenvalue weighted by Crippen LogP contribution is -2.13. The molecule has 0 bridgehead atoms. The fourth-order valence-electron chi connectivity index (χ4n) is 1.21. The van der Waals surface area contributed by atoms with Crippen molar-refractivity contribution in [2.75, 3.05) is 0 Å². The standard InChI is InChI=1S/C8H5F5N2O2/c1-3-2-4(15(16)17)5(7(9)10)14-6(3)8(11,12)13/h2,7H,1H3. The SMILES string of the molecule is Cc1cc([N+](=O)[O-])c(C(F)F)nc1C(F)(F)F. The number of aromatic nitrogens is 1. The van der Waals surface area contributed by atoms with Crippen LogP contribution in [0.15, 0.2) is 6.07 Å². The van der Waals surface area contributed by atoms with Gasteiger partial charge in [-0.2, -0.15) is 13.2 Å². The molecule has 17 heavy (non-hydrogen) atoms. The van der Waals surface area contributed by atoms with E-state index in [1.165, 1.54) is 0 Å². The molecule has 0 atom stereocenters. The first kappa shape index (κ1) is 13.3. The Morgan fingerprint density at radius 1 is 1.41 bits per heavy atom. The molecule has 0 amide bonds. The molecular formula is C8H5F5N2O2. The Hall–Kier alpha value is -1.80. The maximum Gasteiger partial charge on any atom is 0.433 e. The molecule has 0 aromatic carbocycles. The van der Waals surface area contributed by atoms with Crippen LogP contribution in [0.25, 0.3) is 0 Å². The van der Waals surface area contributed by atoms with Crippen molar-refractivity contribution in [1.82, 2.24) is 4.98 Å². The van der Waals surface area contributed by atoms with Crippen molar-refractivity contribution in [2.24, 2.45) is 0 Å². The number of nitrogens with zero attached hydrogens (tertiary/aromatic N) is 2. The summed E-state index contributed by atoms with van der Waals surface area (Å²) < 4.78 is 61.7. The molecule has 0 unspecified atom stereocenters. The molecule has 0 fully saturated rings. The zero-order valence-electron chi connectivity index (χ0n) is 8.26. The van der Waals surface area contributed by atoms with Crippen molar-refractivity contribution in [3.63, 3.8) is 0 Å². The molecule has 0 aliphatic heterocycles. The summed E-state index contributed by atoms with van der Waals surface area (Å²) in [5, 5.41) is 10.4. The van der Waals surface area contributed by atoms with E-state index < -0.39 is 40.2 Å². The van der Waals surface area contributed by atoms with Crippen molar-refractivity contribution in [3.8, 4) is 0 Å². The first-order valence-electron chi connectivity index (χ1n) is 4.16. The third-order valence-corrected chi connectivity index (χ3v) is 1.89. The number of hydrogen-bond acceptors (Lipinski definition) is 3. The Bertz CT molecular complexity index is 458. The zero-order valence-corrected chi connectivity index (χ0v) is 8.26. The van der Waals surface area contributed by atoms with Crippen LogP contribution in [0, 0.1) is 17.0 Å². The molecule has 1 aromatic rings. The van der Waals surface area contributed by atoms with Crippen molar-refractivity contribution >= 4 is 5.69 Å². The Morgan fingerprint density at radius 2 is 1.94 bits per heavy atom. The summed E-state index contributed by atoms with van der Waals surface area (Å²) in [6, 6.07) is 0.442. The summed E-state index contributed by atoms with van der Waals surface area (Å²) in [4.78, 5) is 11.8. The van der Waals surface area contributed by atoms with Gasteiger partial charge in [0.05, 0.1) is 4.92 Å². The van der Waals surface area contributed by atoms with Crippen LogP contribution in [0.2, 0.25) is 0 Å². The minimum Gasteiger partial charge on any atom is -0.258 e. The van der Waals surface area contributed by atoms with Crippen molar-refractivity contribution < 1.29 is 26.9 Å². The minimum atomic E-state index is -4.93. The highest BCUT2D eigenvalue weighted by Crippen LogP contribution is 2.35. The van der Waals surface area contributed by atoms with Gasteiger partial charge in [-0.15, -0.1) is 0 Å². The van der Waals surface area contributed by atoms with Crippen LogP contribution >= 0.6 is 0 Å². The molecule has 1 heterocycles. The molecule has 0 saturated carbocycles. The second-order valence-corrected chi connectivity index (χ2v) is 3.11. The highest BCUT2D eigenvalue weighted by Gasteiger charge is 2.38. The van der Waals surface area contributed by atoms with Gasteiger partial charge in [-0.3, -0.25) is 10.1 Å². The number of nitro groups is 1. The van der Waals surface area contributed by atoms with Gasteiger partial charge in [-0.25, -0.2) is 13.8 Å². The average molecular weight is 256 g/mol. The van der Waals surface area contributed by atoms with Crippen LogP contribution in [-0.2, 0) is 6.18 Å². The average Bonchev–Trinajstić information content (AvgIpc) is 2.14. The summed E-state index contributed by atoms with van der Waals surface area (Å²) >= 11 is 0. The van der Waals surface area contributed by atoms with Crippen molar-refractivity contribution in [3.05, 3.63) is 33.1 Å². The lowest BCUT2D eigenvalue weighted by atomic mass is 10.1. The van der Waals surface area contributed by atoms with Gasteiger partial charge < -0.3 is 0 Å². The van der Waals surface area contributed by atoms with Crippen molar-refractivity contribution in [1.29, 1.82) is 0 Å². The summed E-state index contributed by atoms with van der Waals surface area (Å²) in [6.45, 7) is 0.915. The number of pyridine rings is 1. The normalized spacial score (nSPS) is 11.9. The maximum absolute atomic E-state index is 12.4. The number of hydrogen-bond donors (Lipinski definition) is 0. The highest BCUT2D eigenvalue weighted by atomic mass is 19.4. The Labute approximate surface area is 91.2 Å². The van der Waals surface area contributed by atoms with Gasteiger partial charge in [-0.1, -0.05) is 0 Å². The molecule has 0 aliphatic rings. The fraction of sp³-hybridized carbons (Fsp3) is 0.375. The molecular weight excluding hydrogens is 251 g/mol. The second kappa shape index (κ2) is 4.22. The Morgan fingerprint density at radius 3 is 2.29 bits per heavy atom. The van der Waals surface area contributed by atoms with Gasteiger partial charge in [0.2, 0.25) is 0 Å². The first-order valence-corrected chi connectivity index (χ1v) is 4.16. The number of halogens is 5. The van der Waals surface area contributed by atoms with Crippen LogP contribution in [0.1, 0.15) is 23.4 Å². The fourth-order valence-corrected chi connectivity index (χ4v) is 1.21. The maximum atomic E-state index is 12.4. The van der Waals surface area contributed by atoms with Crippen LogP contribution in [-0.4, -0.2) is 9.91 Å². The van der Waals surface area contributed by atoms with E-state index in [4.69, 9.17) is 0 Å². The molecule has 0 aliphatic carbocycles. The van der Waals surface area contributed by atoms with Gasteiger partial charge in [0, 0.05) is 6.07 Å². The monoisotopic (exact) mass is 256 g/mol. The third-order valence-electron chi connectivity index (χ3n) is 1.89. The molecule has 0 spiro atoms. The van der Waals surface area contributed by atoms with E-state index in [0.717, 1.165) is 6.92 Å². The molecule has 1 rings (SSSR count). The van der Waals surface area contributed by atoms with Crippen LogP contribution in [0.3, 0.4) is 0 Å². The van der Waals surface area contributed by atoms with E-state index in [1.54, 1.807) is 0 Å². The van der Waals surface area contributed by atoms with E-state index in [0.29, 0.717) is 6.07 Å². The first-order chi connectivity index (χ1) is 7.64. The van der Waals surface area contributed by atoms with Crippen LogP contribution in [0.5, 0.6) is 0 Å². The molecule has 94 valence electrons. The summed E-state index contributed by atoms with van der Waals surface area (Å²) in [5.41, 5.74) is -4.72. The van der Waals surface area contributed by atoms with E-state index in [-0.39, 0.29) is 0 Å². The van der Waals surface area contributed by atoms with Crippen LogP contribution < -0.4 is 0 Å². The van der Waals surface area contributed by atoms with Gasteiger partial charge >= 0.3 is 6.18 Å². The van der Waals surface area contributed by atoms with E-state index in [1.807, 2.05) is 0 Å². The largest absolute Gasteiger partial charge is 0.433 e. The van der Waals surface area contributed by atoms with E-state index in [2.05, 4.69) is 4.98 Å². The number of rotatable bonds is 2. The van der Waals surface area contributed by atoms with Crippen molar-refractivity contribution in [2.45, 2.75) is 19.5 Å². The predicted octanol–water partition coefficient (Wildman–Crippen LogP) is 3.25. The molecule has 9 heteroatoms. The molecule has 0 saturated heterocycles. The third kappa shape index (κ3) is 2.66. The zero-order chi connectivity index (χ0) is 13.4. The van der Waals surface area contributed by atoms with E-state index in [9.17, 15) is 32.1 Å². The van der Waals surface area contributed by atoms with Gasteiger partial charge in [0.1, 0.15) is 5.69 Å². The van der Waals surface area contributed by atoms with Crippen LogP contribution in [0.4, 0.5) is 27.6 Å².